The first-order chi connectivity index (χ1) is 7.99. The first kappa shape index (κ1) is 14.2. The average molecular weight is 315 g/mol. The van der Waals surface area contributed by atoms with Crippen molar-refractivity contribution in [3.63, 3.8) is 0 Å². The summed E-state index contributed by atoms with van der Waals surface area (Å²) in [4.78, 5) is 14.6. The van der Waals surface area contributed by atoms with Gasteiger partial charge in [0.25, 0.3) is 5.91 Å². The highest BCUT2D eigenvalue weighted by molar-refractivity contribution is 9.11. The summed E-state index contributed by atoms with van der Waals surface area (Å²) in [6.07, 6.45) is 0. The fourth-order valence-electron chi connectivity index (χ4n) is 1.45. The molecule has 0 saturated heterocycles. The zero-order chi connectivity index (χ0) is 13.0. The summed E-state index contributed by atoms with van der Waals surface area (Å²) in [6.45, 7) is 6.83. The van der Waals surface area contributed by atoms with E-state index in [-0.39, 0.29) is 11.8 Å². The van der Waals surface area contributed by atoms with E-state index in [4.69, 9.17) is 5.26 Å². The van der Waals surface area contributed by atoms with Crippen LogP contribution in [0.1, 0.15) is 29.1 Å². The van der Waals surface area contributed by atoms with Crippen molar-refractivity contribution >= 4 is 33.2 Å². The molecule has 17 heavy (non-hydrogen) atoms. The molecule has 0 N–H and O–H groups in total. The molecule has 0 aliphatic carbocycles. The minimum atomic E-state index is -0.136. The number of hydrogen-bond acceptors (Lipinski definition) is 3. The van der Waals surface area contributed by atoms with E-state index in [9.17, 15) is 4.79 Å². The smallest absolute Gasteiger partial charge is 0.264 e. The highest BCUT2D eigenvalue weighted by Gasteiger charge is 2.19. The third kappa shape index (κ3) is 3.55. The SMILES string of the molecule is CCN(CC(C)C#N)C(=O)c1cc(C)c(Br)s1. The van der Waals surface area contributed by atoms with Crippen LogP contribution in [0, 0.1) is 24.2 Å². The van der Waals surface area contributed by atoms with Crippen LogP contribution in [0.3, 0.4) is 0 Å². The van der Waals surface area contributed by atoms with Gasteiger partial charge in [0.15, 0.2) is 0 Å². The van der Waals surface area contributed by atoms with Gasteiger partial charge in [0.2, 0.25) is 0 Å². The van der Waals surface area contributed by atoms with Crippen molar-refractivity contribution in [1.29, 1.82) is 5.26 Å². The fourth-order valence-corrected chi connectivity index (χ4v) is 2.95. The van der Waals surface area contributed by atoms with Gasteiger partial charge < -0.3 is 4.90 Å². The molecule has 1 rings (SSSR count). The van der Waals surface area contributed by atoms with Gasteiger partial charge in [-0.1, -0.05) is 0 Å². The van der Waals surface area contributed by atoms with Crippen LogP contribution in [0.2, 0.25) is 0 Å². The van der Waals surface area contributed by atoms with Gasteiger partial charge in [-0.2, -0.15) is 5.26 Å². The Kier molecular flexibility index (Phi) is 5.16. The lowest BCUT2D eigenvalue weighted by atomic mass is 10.2. The minimum absolute atomic E-state index is 0.00778. The molecule has 0 aliphatic heterocycles. The molecule has 1 aromatic rings. The Morgan fingerprint density at radius 2 is 2.35 bits per heavy atom. The zero-order valence-electron chi connectivity index (χ0n) is 10.2. The fraction of sp³-hybridized carbons (Fsp3) is 0.500. The van der Waals surface area contributed by atoms with E-state index in [0.717, 1.165) is 14.2 Å². The number of carbonyl (C=O) groups is 1. The Hall–Kier alpha value is -0.860. The lowest BCUT2D eigenvalue weighted by molar-refractivity contribution is 0.0757. The first-order valence-electron chi connectivity index (χ1n) is 5.44. The van der Waals surface area contributed by atoms with E-state index in [1.165, 1.54) is 11.3 Å². The summed E-state index contributed by atoms with van der Waals surface area (Å²) in [6, 6.07) is 4.04. The van der Waals surface area contributed by atoms with E-state index in [2.05, 4.69) is 22.0 Å². The second-order valence-electron chi connectivity index (χ2n) is 3.94. The monoisotopic (exact) mass is 314 g/mol. The van der Waals surface area contributed by atoms with Gasteiger partial charge in [-0.3, -0.25) is 4.79 Å². The van der Waals surface area contributed by atoms with Crippen LogP contribution >= 0.6 is 27.3 Å². The number of thiophene rings is 1. The molecule has 1 amide bonds. The molecule has 1 heterocycles. The Morgan fingerprint density at radius 3 is 2.76 bits per heavy atom. The molecular weight excluding hydrogens is 300 g/mol. The number of halogens is 1. The third-order valence-corrected chi connectivity index (χ3v) is 4.58. The topological polar surface area (TPSA) is 44.1 Å². The number of carbonyl (C=O) groups excluding carboxylic acids is 1. The van der Waals surface area contributed by atoms with Gasteiger partial charge in [0.1, 0.15) is 0 Å². The van der Waals surface area contributed by atoms with E-state index >= 15 is 0 Å². The van der Waals surface area contributed by atoms with Gasteiger partial charge in [0.05, 0.1) is 20.7 Å². The predicted octanol–water partition coefficient (Wildman–Crippen LogP) is 3.44. The molecule has 0 aliphatic rings. The van der Waals surface area contributed by atoms with E-state index in [1.807, 2.05) is 26.8 Å². The normalized spacial score (nSPS) is 11.9. The van der Waals surface area contributed by atoms with Crippen LogP contribution in [-0.2, 0) is 0 Å². The number of aryl methyl sites for hydroxylation is 1. The van der Waals surface area contributed by atoms with Crippen molar-refractivity contribution in [2.75, 3.05) is 13.1 Å². The molecule has 1 aromatic heterocycles. The van der Waals surface area contributed by atoms with Crippen LogP contribution in [0.25, 0.3) is 0 Å². The molecular formula is C12H15BrN2OS. The van der Waals surface area contributed by atoms with Crippen molar-refractivity contribution in [2.24, 2.45) is 5.92 Å². The third-order valence-electron chi connectivity index (χ3n) is 2.45. The molecule has 92 valence electrons. The van der Waals surface area contributed by atoms with Crippen molar-refractivity contribution < 1.29 is 4.79 Å². The summed E-state index contributed by atoms with van der Waals surface area (Å²) in [5, 5.41) is 8.79. The molecule has 0 fully saturated rings. The van der Waals surface area contributed by atoms with Crippen LogP contribution in [0.4, 0.5) is 0 Å². The second kappa shape index (κ2) is 6.18. The quantitative estimate of drug-likeness (QED) is 0.854. The van der Waals surface area contributed by atoms with Gasteiger partial charge in [0, 0.05) is 13.1 Å². The maximum absolute atomic E-state index is 12.2. The van der Waals surface area contributed by atoms with E-state index in [0.29, 0.717) is 13.1 Å². The molecule has 0 saturated carbocycles. The molecule has 1 atom stereocenters. The highest BCUT2D eigenvalue weighted by atomic mass is 79.9. The molecule has 0 bridgehead atoms. The minimum Gasteiger partial charge on any atom is -0.337 e. The van der Waals surface area contributed by atoms with Gasteiger partial charge in [-0.15, -0.1) is 11.3 Å². The number of nitrogens with zero attached hydrogens (tertiary/aromatic N) is 2. The van der Waals surface area contributed by atoms with Crippen LogP contribution in [-0.4, -0.2) is 23.9 Å². The Labute approximate surface area is 114 Å². The predicted molar refractivity (Wildman–Crippen MR) is 73.1 cm³/mol. The zero-order valence-corrected chi connectivity index (χ0v) is 12.6. The van der Waals surface area contributed by atoms with Crippen molar-refractivity contribution in [2.45, 2.75) is 20.8 Å². The maximum Gasteiger partial charge on any atom is 0.264 e. The Morgan fingerprint density at radius 1 is 1.71 bits per heavy atom. The highest BCUT2D eigenvalue weighted by Crippen LogP contribution is 2.28. The molecule has 5 heteroatoms. The Balaban J connectivity index is 2.83. The van der Waals surface area contributed by atoms with Crippen molar-refractivity contribution in [3.8, 4) is 6.07 Å². The molecule has 0 radical (unpaired) electrons. The largest absolute Gasteiger partial charge is 0.337 e. The number of rotatable bonds is 4. The van der Waals surface area contributed by atoms with Gasteiger partial charge in [-0.05, 0) is 48.3 Å². The lowest BCUT2D eigenvalue weighted by Gasteiger charge is -2.21. The standard InChI is InChI=1S/C12H15BrN2OS/c1-4-15(7-8(2)6-14)12(16)10-5-9(3)11(13)17-10/h5,8H,4,7H2,1-3H3. The van der Waals surface area contributed by atoms with Crippen LogP contribution < -0.4 is 0 Å². The number of amides is 1. The van der Waals surface area contributed by atoms with Gasteiger partial charge in [-0.25, -0.2) is 0 Å². The molecule has 0 aromatic carbocycles. The molecule has 3 nitrogen and oxygen atoms in total. The molecule has 0 spiro atoms. The summed E-state index contributed by atoms with van der Waals surface area (Å²) < 4.78 is 0.991. The summed E-state index contributed by atoms with van der Waals surface area (Å²) in [7, 11) is 0. The first-order valence-corrected chi connectivity index (χ1v) is 7.05. The van der Waals surface area contributed by atoms with Crippen molar-refractivity contribution in [3.05, 3.63) is 20.3 Å². The Bertz CT molecular complexity index is 430. The molecule has 1 unspecified atom stereocenters. The summed E-state index contributed by atoms with van der Waals surface area (Å²) >= 11 is 4.86. The lowest BCUT2D eigenvalue weighted by Crippen LogP contribution is -2.33. The van der Waals surface area contributed by atoms with Crippen molar-refractivity contribution in [1.82, 2.24) is 4.90 Å². The van der Waals surface area contributed by atoms with Gasteiger partial charge >= 0.3 is 0 Å². The van der Waals surface area contributed by atoms with E-state index < -0.39 is 0 Å². The van der Waals surface area contributed by atoms with Crippen LogP contribution in [0.5, 0.6) is 0 Å². The number of nitriles is 1. The number of hydrogen-bond donors (Lipinski definition) is 0. The summed E-state index contributed by atoms with van der Waals surface area (Å²) in [5.41, 5.74) is 1.07. The van der Waals surface area contributed by atoms with Crippen LogP contribution in [0.15, 0.2) is 9.85 Å². The maximum atomic E-state index is 12.2. The van der Waals surface area contributed by atoms with E-state index in [1.54, 1.807) is 4.90 Å². The second-order valence-corrected chi connectivity index (χ2v) is 6.31. The summed E-state index contributed by atoms with van der Waals surface area (Å²) in [5.74, 6) is -0.128. The average Bonchev–Trinajstić information content (AvgIpc) is 2.65.